The number of hydrogen-bond donors (Lipinski definition) is 5. The van der Waals surface area contributed by atoms with Gasteiger partial charge in [0.25, 0.3) is 0 Å². The van der Waals surface area contributed by atoms with E-state index in [0.717, 1.165) is 50.8 Å². The first-order chi connectivity index (χ1) is 18.3. The molecule has 2 bridgehead atoms. The Bertz CT molecular complexity index is 1370. The zero-order chi connectivity index (χ0) is 26.8. The number of carbonyl (C=O) groups is 2. The highest BCUT2D eigenvalue weighted by Crippen LogP contribution is 2.51. The summed E-state index contributed by atoms with van der Waals surface area (Å²) in [6.07, 6.45) is 7.32. The summed E-state index contributed by atoms with van der Waals surface area (Å²) >= 11 is 0. The molecule has 196 valence electrons. The van der Waals surface area contributed by atoms with Gasteiger partial charge in [-0.25, -0.2) is 9.37 Å². The minimum absolute atomic E-state index is 0.0347. The highest BCUT2D eigenvalue weighted by atomic mass is 19.1. The van der Waals surface area contributed by atoms with E-state index in [0.29, 0.717) is 22.7 Å². The second-order valence-corrected chi connectivity index (χ2v) is 10.1. The second kappa shape index (κ2) is 10.2. The Morgan fingerprint density at radius 2 is 1.47 bits per heavy atom. The van der Waals surface area contributed by atoms with E-state index in [1.165, 1.54) is 0 Å². The number of carbonyl (C=O) groups excluding carboxylic acids is 2. The van der Waals surface area contributed by atoms with Gasteiger partial charge < -0.3 is 27.0 Å². The Morgan fingerprint density at radius 1 is 0.895 bits per heavy atom. The predicted octanol–water partition coefficient (Wildman–Crippen LogP) is 5.22. The number of halogens is 1. The number of hydrogen-bond acceptors (Lipinski definition) is 7. The quantitative estimate of drug-likeness (QED) is 0.260. The molecule has 9 nitrogen and oxygen atoms in total. The Kier molecular flexibility index (Phi) is 6.81. The molecule has 0 saturated heterocycles. The number of fused-ring (bicyclic) bond motifs is 3. The minimum atomic E-state index is -0.641. The fourth-order valence-electron chi connectivity index (χ4n) is 5.14. The number of aromatic nitrogens is 2. The van der Waals surface area contributed by atoms with E-state index in [4.69, 9.17) is 5.73 Å². The summed E-state index contributed by atoms with van der Waals surface area (Å²) < 4.78 is 14.5. The van der Waals surface area contributed by atoms with Crippen LogP contribution in [0.5, 0.6) is 0 Å². The average molecular weight is 516 g/mol. The summed E-state index contributed by atoms with van der Waals surface area (Å²) in [6.45, 7) is 3.43. The van der Waals surface area contributed by atoms with Crippen molar-refractivity contribution < 1.29 is 14.0 Å². The zero-order valence-electron chi connectivity index (χ0n) is 20.9. The number of amides is 2. The van der Waals surface area contributed by atoms with Crippen LogP contribution in [-0.2, 0) is 9.59 Å². The summed E-state index contributed by atoms with van der Waals surface area (Å²) in [5.41, 5.74) is 8.29. The molecule has 3 aliphatic carbocycles. The van der Waals surface area contributed by atoms with E-state index in [1.807, 2.05) is 18.2 Å². The SMILES string of the molecule is C=CC(=O)Nc1cccc(Nc2nc(Nc3cccc(NC(=O)C45CCC(N)(CC4)CC5)c3)ncc2F)c1. The van der Waals surface area contributed by atoms with Crippen LogP contribution in [0.15, 0.2) is 67.4 Å². The van der Waals surface area contributed by atoms with Crippen LogP contribution in [0, 0.1) is 11.2 Å². The summed E-state index contributed by atoms with van der Waals surface area (Å²) in [6, 6.07) is 14.0. The molecule has 1 heterocycles. The fraction of sp³-hybridized carbons (Fsp3) is 0.286. The zero-order valence-corrected chi connectivity index (χ0v) is 20.9. The molecule has 3 saturated carbocycles. The van der Waals surface area contributed by atoms with Crippen LogP contribution in [0.25, 0.3) is 0 Å². The van der Waals surface area contributed by atoms with E-state index >= 15 is 0 Å². The van der Waals surface area contributed by atoms with E-state index in [9.17, 15) is 14.0 Å². The van der Waals surface area contributed by atoms with Gasteiger partial charge in [0.15, 0.2) is 11.6 Å². The lowest BCUT2D eigenvalue weighted by molar-refractivity contribution is -0.131. The van der Waals surface area contributed by atoms with Gasteiger partial charge in [0, 0.05) is 33.7 Å². The van der Waals surface area contributed by atoms with Gasteiger partial charge in [-0.05, 0) is 81.0 Å². The second-order valence-electron chi connectivity index (χ2n) is 10.1. The van der Waals surface area contributed by atoms with Crippen molar-refractivity contribution in [2.45, 2.75) is 44.1 Å². The van der Waals surface area contributed by atoms with Crippen molar-refractivity contribution in [2.24, 2.45) is 11.1 Å². The number of nitrogens with two attached hydrogens (primary N) is 1. The Balaban J connectivity index is 1.27. The van der Waals surface area contributed by atoms with Gasteiger partial charge in [0.2, 0.25) is 17.8 Å². The molecule has 0 unspecified atom stereocenters. The summed E-state index contributed by atoms with van der Waals surface area (Å²) in [4.78, 5) is 33.1. The van der Waals surface area contributed by atoms with Crippen LogP contribution in [0.2, 0.25) is 0 Å². The summed E-state index contributed by atoms with van der Waals surface area (Å²) in [5, 5.41) is 11.7. The lowest BCUT2D eigenvalue weighted by Gasteiger charge is -2.50. The van der Waals surface area contributed by atoms with Crippen molar-refractivity contribution in [3.05, 3.63) is 73.2 Å². The molecule has 2 aromatic carbocycles. The van der Waals surface area contributed by atoms with Gasteiger partial charge in [0.1, 0.15) is 0 Å². The summed E-state index contributed by atoms with van der Waals surface area (Å²) in [7, 11) is 0. The number of benzene rings is 2. The molecule has 1 aromatic heterocycles. The van der Waals surface area contributed by atoms with Crippen molar-refractivity contribution in [1.29, 1.82) is 0 Å². The van der Waals surface area contributed by atoms with Crippen molar-refractivity contribution in [3.8, 4) is 0 Å². The van der Waals surface area contributed by atoms with Gasteiger partial charge in [-0.1, -0.05) is 18.7 Å². The van der Waals surface area contributed by atoms with Gasteiger partial charge in [0.05, 0.1) is 6.20 Å². The number of anilines is 6. The van der Waals surface area contributed by atoms with Crippen LogP contribution in [0.3, 0.4) is 0 Å². The lowest BCUT2D eigenvalue weighted by Crippen LogP contribution is -2.55. The van der Waals surface area contributed by atoms with Gasteiger partial charge in [-0.15, -0.1) is 0 Å². The smallest absolute Gasteiger partial charge is 0.247 e. The molecule has 0 radical (unpaired) electrons. The first-order valence-electron chi connectivity index (χ1n) is 12.6. The molecule has 0 spiro atoms. The third-order valence-electron chi connectivity index (χ3n) is 7.48. The molecular weight excluding hydrogens is 485 g/mol. The maximum atomic E-state index is 14.5. The molecule has 0 atom stereocenters. The van der Waals surface area contributed by atoms with Crippen LogP contribution >= 0.6 is 0 Å². The highest BCUT2D eigenvalue weighted by Gasteiger charge is 2.50. The van der Waals surface area contributed by atoms with Gasteiger partial charge in [-0.2, -0.15) is 4.98 Å². The monoisotopic (exact) mass is 515 g/mol. The van der Waals surface area contributed by atoms with E-state index in [2.05, 4.69) is 37.8 Å². The minimum Gasteiger partial charge on any atom is -0.338 e. The molecule has 3 aromatic rings. The standard InChI is InChI=1S/C28H30FN7O2/c1-2-23(37)32-18-5-3-6-19(15-18)33-24-22(29)17-31-26(36-24)35-21-8-4-7-20(16-21)34-25(38)27-9-12-28(30,13-10-27)14-11-27/h2-8,15-17H,1,9-14,30H2,(H,32,37)(H,34,38)(H2,31,33,35,36). The first-order valence-corrected chi connectivity index (χ1v) is 12.6. The molecule has 6 rings (SSSR count). The van der Waals surface area contributed by atoms with E-state index in [1.54, 1.807) is 30.3 Å². The van der Waals surface area contributed by atoms with Crippen molar-refractivity contribution in [3.63, 3.8) is 0 Å². The average Bonchev–Trinajstić information content (AvgIpc) is 2.91. The number of rotatable bonds is 8. The van der Waals surface area contributed by atoms with Crippen LogP contribution < -0.4 is 27.0 Å². The van der Waals surface area contributed by atoms with Crippen molar-refractivity contribution in [2.75, 3.05) is 21.3 Å². The Hall–Kier alpha value is -4.31. The molecule has 2 amide bonds. The van der Waals surface area contributed by atoms with Gasteiger partial charge in [-0.3, -0.25) is 9.59 Å². The summed E-state index contributed by atoms with van der Waals surface area (Å²) in [5.74, 6) is -0.824. The normalized spacial score (nSPS) is 21.8. The molecule has 3 fully saturated rings. The predicted molar refractivity (Wildman–Crippen MR) is 146 cm³/mol. The largest absolute Gasteiger partial charge is 0.338 e. The molecular formula is C28H30FN7O2. The van der Waals surface area contributed by atoms with Crippen molar-refractivity contribution >= 4 is 46.3 Å². The van der Waals surface area contributed by atoms with E-state index in [-0.39, 0.29) is 34.5 Å². The molecule has 3 aliphatic rings. The molecule has 0 aliphatic heterocycles. The Labute approximate surface area is 220 Å². The molecule has 38 heavy (non-hydrogen) atoms. The maximum absolute atomic E-state index is 14.5. The fourth-order valence-corrected chi connectivity index (χ4v) is 5.14. The van der Waals surface area contributed by atoms with Crippen LogP contribution in [0.1, 0.15) is 38.5 Å². The van der Waals surface area contributed by atoms with Crippen LogP contribution in [0.4, 0.5) is 38.9 Å². The maximum Gasteiger partial charge on any atom is 0.247 e. The molecule has 10 heteroatoms. The van der Waals surface area contributed by atoms with E-state index < -0.39 is 5.82 Å². The van der Waals surface area contributed by atoms with Crippen molar-refractivity contribution in [1.82, 2.24) is 9.97 Å². The third-order valence-corrected chi connectivity index (χ3v) is 7.48. The lowest BCUT2D eigenvalue weighted by atomic mass is 9.57. The Morgan fingerprint density at radius 3 is 2.11 bits per heavy atom. The molecule has 6 N–H and O–H groups in total. The number of nitrogens with zero attached hydrogens (tertiary/aromatic N) is 2. The third kappa shape index (κ3) is 5.50. The highest BCUT2D eigenvalue weighted by molar-refractivity contribution is 5.99. The van der Waals surface area contributed by atoms with Gasteiger partial charge >= 0.3 is 0 Å². The van der Waals surface area contributed by atoms with Crippen LogP contribution in [-0.4, -0.2) is 27.3 Å². The first kappa shape index (κ1) is 25.3. The topological polar surface area (TPSA) is 134 Å². The number of nitrogens with one attached hydrogen (secondary N) is 4.